The van der Waals surface area contributed by atoms with Crippen LogP contribution >= 0.6 is 0 Å². The zero-order chi connectivity index (χ0) is 15.2. The average molecular weight is 293 g/mol. The molecule has 1 aliphatic heterocycles. The van der Waals surface area contributed by atoms with Gasteiger partial charge in [0.15, 0.2) is 0 Å². The van der Waals surface area contributed by atoms with Crippen molar-refractivity contribution in [3.63, 3.8) is 0 Å². The summed E-state index contributed by atoms with van der Waals surface area (Å²) in [6.07, 6.45) is 1.36. The van der Waals surface area contributed by atoms with Gasteiger partial charge in [-0.05, 0) is 30.9 Å². The van der Waals surface area contributed by atoms with Gasteiger partial charge in [-0.3, -0.25) is 4.90 Å². The van der Waals surface area contributed by atoms with E-state index in [0.29, 0.717) is 18.1 Å². The number of ether oxygens (including phenoxy) is 2. The molecule has 0 bridgehead atoms. The summed E-state index contributed by atoms with van der Waals surface area (Å²) in [7, 11) is -1.43. The molecule has 2 atom stereocenters. The molecule has 0 spiro atoms. The molecule has 0 aromatic heterocycles. The Morgan fingerprint density at radius 2 is 2.05 bits per heavy atom. The molecule has 0 saturated carbocycles. The molecule has 0 amide bonds. The van der Waals surface area contributed by atoms with E-state index in [2.05, 4.69) is 18.7 Å². The quantitative estimate of drug-likeness (QED) is 0.736. The summed E-state index contributed by atoms with van der Waals surface area (Å²) in [5.41, 5.74) is 0.468. The minimum absolute atomic E-state index is 0.276. The van der Waals surface area contributed by atoms with E-state index < -0.39 is 7.12 Å². The summed E-state index contributed by atoms with van der Waals surface area (Å²) in [5, 5.41) is 18.1. The third-order valence-corrected chi connectivity index (χ3v) is 3.88. The van der Waals surface area contributed by atoms with Crippen LogP contribution < -0.4 is 10.2 Å². The largest absolute Gasteiger partial charge is 0.492 e. The Morgan fingerprint density at radius 3 is 2.67 bits per heavy atom. The molecule has 2 rings (SSSR count). The van der Waals surface area contributed by atoms with Crippen molar-refractivity contribution in [2.24, 2.45) is 0 Å². The van der Waals surface area contributed by atoms with Crippen LogP contribution in [0, 0.1) is 0 Å². The van der Waals surface area contributed by atoms with Gasteiger partial charge in [-0.25, -0.2) is 0 Å². The lowest BCUT2D eigenvalue weighted by Crippen LogP contribution is -2.49. The summed E-state index contributed by atoms with van der Waals surface area (Å²) in [6.45, 7) is 7.49. The fourth-order valence-electron chi connectivity index (χ4n) is 2.58. The number of morpholine rings is 1. The third-order valence-electron chi connectivity index (χ3n) is 3.88. The molecule has 1 fully saturated rings. The van der Waals surface area contributed by atoms with Gasteiger partial charge in [-0.1, -0.05) is 19.1 Å². The number of benzene rings is 1. The first-order valence-electron chi connectivity index (χ1n) is 7.54. The van der Waals surface area contributed by atoms with Gasteiger partial charge >= 0.3 is 7.12 Å². The van der Waals surface area contributed by atoms with Crippen LogP contribution in [0.2, 0.25) is 0 Å². The van der Waals surface area contributed by atoms with Crippen LogP contribution in [0.5, 0.6) is 5.75 Å². The van der Waals surface area contributed by atoms with Crippen molar-refractivity contribution in [2.75, 3.05) is 26.3 Å². The summed E-state index contributed by atoms with van der Waals surface area (Å²) in [5.74, 6) is 0.744. The summed E-state index contributed by atoms with van der Waals surface area (Å²) < 4.78 is 11.4. The number of hydrogen-bond donors (Lipinski definition) is 2. The fourth-order valence-corrected chi connectivity index (χ4v) is 2.58. The van der Waals surface area contributed by atoms with Crippen LogP contribution in [0.4, 0.5) is 0 Å². The Balaban J connectivity index is 1.80. The lowest BCUT2D eigenvalue weighted by atomic mass is 9.80. The standard InChI is InChI=1S/C15H24BNO4/c1-3-14-11-21-12(2)10-17(14)8-9-20-15-6-4-13(5-7-15)16(18)19/h4-7,12,14,18-19H,3,8-11H2,1-2H3. The minimum atomic E-state index is -1.43. The Hall–Kier alpha value is -1.08. The monoisotopic (exact) mass is 293 g/mol. The molecule has 6 heteroatoms. The molecule has 2 unspecified atom stereocenters. The smallest absolute Gasteiger partial charge is 0.488 e. The normalized spacial score (nSPS) is 23.0. The fraction of sp³-hybridized carbons (Fsp3) is 0.600. The van der Waals surface area contributed by atoms with Crippen molar-refractivity contribution in [1.29, 1.82) is 0 Å². The van der Waals surface area contributed by atoms with Gasteiger partial charge in [-0.15, -0.1) is 0 Å². The zero-order valence-electron chi connectivity index (χ0n) is 12.7. The van der Waals surface area contributed by atoms with Gasteiger partial charge in [0.05, 0.1) is 12.7 Å². The highest BCUT2D eigenvalue weighted by Crippen LogP contribution is 2.14. The maximum absolute atomic E-state index is 9.04. The van der Waals surface area contributed by atoms with E-state index in [0.717, 1.165) is 31.9 Å². The Kier molecular flexibility index (Phi) is 6.05. The second kappa shape index (κ2) is 7.80. The van der Waals surface area contributed by atoms with Crippen molar-refractivity contribution < 1.29 is 19.5 Å². The molecule has 1 aliphatic rings. The molecule has 1 heterocycles. The predicted octanol–water partition coefficient (Wildman–Crippen LogP) is 0.245. The lowest BCUT2D eigenvalue weighted by molar-refractivity contribution is -0.0586. The Labute approximate surface area is 126 Å². The van der Waals surface area contributed by atoms with Crippen LogP contribution in [0.3, 0.4) is 0 Å². The molecule has 1 aromatic rings. The Bertz CT molecular complexity index is 426. The molecule has 21 heavy (non-hydrogen) atoms. The average Bonchev–Trinajstić information content (AvgIpc) is 2.48. The third kappa shape index (κ3) is 4.71. The second-order valence-electron chi connectivity index (χ2n) is 5.49. The van der Waals surface area contributed by atoms with Crippen LogP contribution in [-0.2, 0) is 4.74 Å². The van der Waals surface area contributed by atoms with Crippen molar-refractivity contribution >= 4 is 12.6 Å². The second-order valence-corrected chi connectivity index (χ2v) is 5.49. The van der Waals surface area contributed by atoms with Crippen LogP contribution in [0.1, 0.15) is 20.3 Å². The summed E-state index contributed by atoms with van der Waals surface area (Å²) in [4.78, 5) is 2.42. The van der Waals surface area contributed by atoms with E-state index in [-0.39, 0.29) is 6.10 Å². The first-order valence-corrected chi connectivity index (χ1v) is 7.54. The highest BCUT2D eigenvalue weighted by Gasteiger charge is 2.25. The molecule has 1 aromatic carbocycles. The molecule has 0 radical (unpaired) electrons. The topological polar surface area (TPSA) is 62.2 Å². The van der Waals surface area contributed by atoms with Gasteiger partial charge in [0, 0.05) is 19.1 Å². The van der Waals surface area contributed by atoms with Gasteiger partial charge < -0.3 is 19.5 Å². The summed E-state index contributed by atoms with van der Waals surface area (Å²) in [6, 6.07) is 7.30. The van der Waals surface area contributed by atoms with Crippen molar-refractivity contribution in [2.45, 2.75) is 32.4 Å². The number of rotatable bonds is 6. The van der Waals surface area contributed by atoms with E-state index >= 15 is 0 Å². The molecular weight excluding hydrogens is 269 g/mol. The van der Waals surface area contributed by atoms with Crippen LogP contribution in [0.15, 0.2) is 24.3 Å². The number of nitrogens with zero attached hydrogens (tertiary/aromatic N) is 1. The van der Waals surface area contributed by atoms with Crippen molar-refractivity contribution in [1.82, 2.24) is 4.90 Å². The van der Waals surface area contributed by atoms with Gasteiger partial charge in [-0.2, -0.15) is 0 Å². The maximum Gasteiger partial charge on any atom is 0.488 e. The molecule has 2 N–H and O–H groups in total. The van der Waals surface area contributed by atoms with Crippen LogP contribution in [0.25, 0.3) is 0 Å². The highest BCUT2D eigenvalue weighted by molar-refractivity contribution is 6.58. The number of hydrogen-bond acceptors (Lipinski definition) is 5. The molecule has 116 valence electrons. The SMILES string of the molecule is CCC1COC(C)CN1CCOc1ccc(B(O)O)cc1. The lowest BCUT2D eigenvalue weighted by Gasteiger charge is -2.38. The molecule has 5 nitrogen and oxygen atoms in total. The van der Waals surface area contributed by atoms with E-state index in [1.165, 1.54) is 0 Å². The van der Waals surface area contributed by atoms with Crippen LogP contribution in [-0.4, -0.2) is 60.5 Å². The van der Waals surface area contributed by atoms with E-state index in [1.807, 2.05) is 0 Å². The first-order chi connectivity index (χ1) is 10.1. The molecule has 0 aliphatic carbocycles. The highest BCUT2D eigenvalue weighted by atomic mass is 16.5. The first kappa shape index (κ1) is 16.3. The maximum atomic E-state index is 9.04. The summed E-state index contributed by atoms with van der Waals surface area (Å²) >= 11 is 0. The predicted molar refractivity (Wildman–Crippen MR) is 82.8 cm³/mol. The van der Waals surface area contributed by atoms with Crippen molar-refractivity contribution in [3.8, 4) is 5.75 Å². The van der Waals surface area contributed by atoms with E-state index in [9.17, 15) is 0 Å². The van der Waals surface area contributed by atoms with Gasteiger partial charge in [0.2, 0.25) is 0 Å². The molecule has 1 saturated heterocycles. The van der Waals surface area contributed by atoms with Crippen molar-refractivity contribution in [3.05, 3.63) is 24.3 Å². The zero-order valence-corrected chi connectivity index (χ0v) is 12.7. The minimum Gasteiger partial charge on any atom is -0.492 e. The Morgan fingerprint density at radius 1 is 1.33 bits per heavy atom. The van der Waals surface area contributed by atoms with E-state index in [4.69, 9.17) is 19.5 Å². The van der Waals surface area contributed by atoms with Gasteiger partial charge in [0.1, 0.15) is 12.4 Å². The van der Waals surface area contributed by atoms with E-state index in [1.54, 1.807) is 24.3 Å². The van der Waals surface area contributed by atoms with Gasteiger partial charge in [0.25, 0.3) is 0 Å². The molecular formula is C15H24BNO4.